The van der Waals surface area contributed by atoms with Gasteiger partial charge in [0.25, 0.3) is 5.91 Å². The number of imidazole rings is 1. The molecule has 4 aromatic rings. The number of anilines is 1. The molecule has 5 rings (SSSR count). The van der Waals surface area contributed by atoms with Crippen molar-refractivity contribution in [2.24, 2.45) is 0 Å². The van der Waals surface area contributed by atoms with E-state index in [2.05, 4.69) is 43.3 Å². The van der Waals surface area contributed by atoms with Gasteiger partial charge >= 0.3 is 10.2 Å². The van der Waals surface area contributed by atoms with E-state index in [4.69, 9.17) is 28.2 Å². The maximum Gasteiger partial charge on any atom is 0.326 e. The van der Waals surface area contributed by atoms with Crippen molar-refractivity contribution in [3.05, 3.63) is 106 Å². The Hall–Kier alpha value is -3.59. The summed E-state index contributed by atoms with van der Waals surface area (Å²) in [5.41, 5.74) is 4.67. The average Bonchev–Trinajstić information content (AvgIpc) is 3.48. The van der Waals surface area contributed by atoms with Crippen molar-refractivity contribution in [1.29, 1.82) is 0 Å². The number of aromatic nitrogens is 2. The molecule has 41 heavy (non-hydrogen) atoms. The smallest absolute Gasteiger partial charge is 0.303 e. The average molecular weight is 610 g/mol. The highest BCUT2D eigenvalue weighted by atomic mass is 35.5. The maximum atomic E-state index is 12.5. The zero-order chi connectivity index (χ0) is 29.0. The van der Waals surface area contributed by atoms with Crippen LogP contribution in [0.1, 0.15) is 49.6 Å². The van der Waals surface area contributed by atoms with Crippen LogP contribution >= 0.6 is 23.2 Å². The lowest BCUT2D eigenvalue weighted by Gasteiger charge is -2.16. The van der Waals surface area contributed by atoms with Gasteiger partial charge in [0.15, 0.2) is 0 Å². The molecule has 0 atom stereocenters. The fourth-order valence-corrected chi connectivity index (χ4v) is 6.38. The molecule has 1 aromatic heterocycles. The minimum absolute atomic E-state index is 0.270. The molecule has 1 fully saturated rings. The molecular formula is C31H30Cl2N4O3S. The van der Waals surface area contributed by atoms with E-state index in [0.29, 0.717) is 33.5 Å². The summed E-state index contributed by atoms with van der Waals surface area (Å²) in [5.74, 6) is 0.169. The first-order chi connectivity index (χ1) is 19.7. The van der Waals surface area contributed by atoms with Gasteiger partial charge in [-0.15, -0.1) is 0 Å². The summed E-state index contributed by atoms with van der Waals surface area (Å²) in [6, 6.07) is 20.6. The zero-order valence-electron chi connectivity index (χ0n) is 22.6. The van der Waals surface area contributed by atoms with E-state index in [1.54, 1.807) is 30.3 Å². The Balaban J connectivity index is 1.48. The van der Waals surface area contributed by atoms with Crippen LogP contribution in [0.2, 0.25) is 10.0 Å². The molecule has 3 aromatic carbocycles. The topological polar surface area (TPSA) is 84.3 Å². The number of nitrogens with one attached hydrogen (secondary N) is 1. The van der Waals surface area contributed by atoms with Crippen molar-refractivity contribution in [2.75, 3.05) is 10.8 Å². The fraction of sp³-hybridized carbons (Fsp3) is 0.226. The van der Waals surface area contributed by atoms with Crippen molar-refractivity contribution in [2.45, 2.75) is 39.0 Å². The second-order valence-corrected chi connectivity index (χ2v) is 12.3. The highest BCUT2D eigenvalue weighted by Crippen LogP contribution is 2.32. The number of halogens is 2. The SMILES string of the molecule is CCCCC/C=C/c1ccc(Cc2nc(-c3ccc(Cl)cc3Cl)cn2-c2cccc(N3CC(=O)NS3(=O)=O)c2)cc1. The predicted molar refractivity (Wildman–Crippen MR) is 166 cm³/mol. The molecule has 1 aliphatic heterocycles. The summed E-state index contributed by atoms with van der Waals surface area (Å²) in [7, 11) is -3.94. The van der Waals surface area contributed by atoms with E-state index in [0.717, 1.165) is 33.2 Å². The maximum absolute atomic E-state index is 12.5. The quantitative estimate of drug-likeness (QED) is 0.193. The van der Waals surface area contributed by atoms with Gasteiger partial charge in [-0.05, 0) is 60.4 Å². The van der Waals surface area contributed by atoms with Gasteiger partial charge < -0.3 is 4.57 Å². The zero-order valence-corrected chi connectivity index (χ0v) is 24.9. The largest absolute Gasteiger partial charge is 0.326 e. The van der Waals surface area contributed by atoms with Crippen molar-refractivity contribution < 1.29 is 13.2 Å². The van der Waals surface area contributed by atoms with Crippen LogP contribution in [0.25, 0.3) is 23.0 Å². The Morgan fingerprint density at radius 3 is 2.49 bits per heavy atom. The lowest BCUT2D eigenvalue weighted by Crippen LogP contribution is -2.29. The Bertz CT molecular complexity index is 1700. The molecular weight excluding hydrogens is 579 g/mol. The number of allylic oxidation sites excluding steroid dienone is 1. The van der Waals surface area contributed by atoms with Gasteiger partial charge in [-0.1, -0.05) is 85.5 Å². The molecule has 0 aliphatic carbocycles. The molecule has 212 valence electrons. The van der Waals surface area contributed by atoms with Gasteiger partial charge in [0.1, 0.15) is 12.4 Å². The van der Waals surface area contributed by atoms with E-state index < -0.39 is 16.1 Å². The Kier molecular flexibility index (Phi) is 8.82. The molecule has 1 saturated heterocycles. The molecule has 7 nitrogen and oxygen atoms in total. The van der Waals surface area contributed by atoms with Gasteiger partial charge in [-0.3, -0.25) is 4.79 Å². The summed E-state index contributed by atoms with van der Waals surface area (Å²) in [6.07, 6.45) is 11.5. The van der Waals surface area contributed by atoms with Crippen molar-refractivity contribution >= 4 is 51.1 Å². The van der Waals surface area contributed by atoms with E-state index in [-0.39, 0.29) is 6.54 Å². The first kappa shape index (κ1) is 28.9. The Labute approximate surface area is 250 Å². The van der Waals surface area contributed by atoms with Crippen molar-refractivity contribution in [3.8, 4) is 16.9 Å². The second kappa shape index (κ2) is 12.5. The third-order valence-corrected chi connectivity index (χ3v) is 8.78. The molecule has 0 unspecified atom stereocenters. The molecule has 1 N–H and O–H groups in total. The Morgan fingerprint density at radius 2 is 1.78 bits per heavy atom. The number of hydrogen-bond donors (Lipinski definition) is 1. The van der Waals surface area contributed by atoms with E-state index in [1.807, 2.05) is 27.6 Å². The number of rotatable bonds is 10. The summed E-state index contributed by atoms with van der Waals surface area (Å²) >= 11 is 12.6. The number of carbonyl (C=O) groups is 1. The fourth-order valence-electron chi connectivity index (χ4n) is 4.73. The molecule has 0 radical (unpaired) electrons. The number of hydrogen-bond acceptors (Lipinski definition) is 4. The number of carbonyl (C=O) groups excluding carboxylic acids is 1. The standard InChI is InChI=1S/C31H30Cl2N4O3S/c1-2-3-4-5-6-8-22-11-13-23(14-12-22)17-30-34-29(27-16-15-24(32)18-28(27)33)20-36(30)25-9-7-10-26(19-25)37-21-31(38)35-41(37,39)40/h6-16,18-20H,2-5,17,21H2,1H3,(H,35,38)/b8-6+. The molecule has 0 saturated carbocycles. The van der Waals surface area contributed by atoms with E-state index >= 15 is 0 Å². The normalized spacial score (nSPS) is 14.6. The van der Waals surface area contributed by atoms with E-state index in [1.165, 1.54) is 19.3 Å². The molecule has 1 aliphatic rings. The monoisotopic (exact) mass is 608 g/mol. The van der Waals surface area contributed by atoms with E-state index in [9.17, 15) is 13.2 Å². The number of amides is 1. The second-order valence-electron chi connectivity index (χ2n) is 9.91. The number of unbranched alkanes of at least 4 members (excludes halogenated alkanes) is 3. The van der Waals surface area contributed by atoms with Crippen LogP contribution in [-0.2, 0) is 21.4 Å². The third-order valence-electron chi connectivity index (χ3n) is 6.83. The van der Waals surface area contributed by atoms with Crippen LogP contribution < -0.4 is 9.03 Å². The van der Waals surface area contributed by atoms with Gasteiger partial charge in [0.2, 0.25) is 0 Å². The minimum atomic E-state index is -3.94. The van der Waals surface area contributed by atoms with Crippen LogP contribution in [0, 0.1) is 0 Å². The third kappa shape index (κ3) is 6.84. The van der Waals surface area contributed by atoms with Crippen molar-refractivity contribution in [1.82, 2.24) is 14.3 Å². The van der Waals surface area contributed by atoms with Crippen molar-refractivity contribution in [3.63, 3.8) is 0 Å². The highest BCUT2D eigenvalue weighted by Gasteiger charge is 2.34. The summed E-state index contributed by atoms with van der Waals surface area (Å²) in [6.45, 7) is 1.93. The Morgan fingerprint density at radius 1 is 1.00 bits per heavy atom. The lowest BCUT2D eigenvalue weighted by molar-refractivity contribution is -0.117. The highest BCUT2D eigenvalue weighted by molar-refractivity contribution is 7.92. The lowest BCUT2D eigenvalue weighted by atomic mass is 10.1. The first-order valence-electron chi connectivity index (χ1n) is 13.5. The summed E-state index contributed by atoms with van der Waals surface area (Å²) in [4.78, 5) is 16.8. The first-order valence-corrected chi connectivity index (χ1v) is 15.7. The van der Waals surface area contributed by atoms with Crippen LogP contribution in [0.3, 0.4) is 0 Å². The van der Waals surface area contributed by atoms with Gasteiger partial charge in [-0.2, -0.15) is 8.42 Å². The molecule has 2 heterocycles. The predicted octanol–water partition coefficient (Wildman–Crippen LogP) is 7.21. The summed E-state index contributed by atoms with van der Waals surface area (Å²) < 4.78 is 29.9. The van der Waals surface area contributed by atoms with Crippen LogP contribution in [0.15, 0.2) is 79.0 Å². The van der Waals surface area contributed by atoms with Crippen LogP contribution in [-0.4, -0.2) is 30.4 Å². The molecule has 10 heteroatoms. The van der Waals surface area contributed by atoms with Gasteiger partial charge in [-0.25, -0.2) is 14.0 Å². The van der Waals surface area contributed by atoms with Crippen LogP contribution in [0.5, 0.6) is 0 Å². The van der Waals surface area contributed by atoms with Gasteiger partial charge in [0.05, 0.1) is 16.4 Å². The molecule has 0 spiro atoms. The summed E-state index contributed by atoms with van der Waals surface area (Å²) in [5, 5.41) is 1.01. The molecule has 1 amide bonds. The number of benzene rings is 3. The van der Waals surface area contributed by atoms with Crippen LogP contribution in [0.4, 0.5) is 5.69 Å². The number of nitrogens with zero attached hydrogens (tertiary/aromatic N) is 3. The minimum Gasteiger partial charge on any atom is -0.303 e. The van der Waals surface area contributed by atoms with Gasteiger partial charge in [0, 0.05) is 28.9 Å². The molecule has 0 bridgehead atoms.